The van der Waals surface area contributed by atoms with Crippen molar-refractivity contribution in [2.45, 2.75) is 38.3 Å². The highest BCUT2D eigenvalue weighted by Crippen LogP contribution is 2.39. The van der Waals surface area contributed by atoms with E-state index in [0.29, 0.717) is 24.9 Å². The van der Waals surface area contributed by atoms with Gasteiger partial charge in [0.1, 0.15) is 11.4 Å². The molecule has 1 saturated heterocycles. The molecule has 3 rings (SSSR count). The highest BCUT2D eigenvalue weighted by molar-refractivity contribution is 5.99. The number of nitrogens with zero attached hydrogens (tertiary/aromatic N) is 1. The number of ketones is 1. The molecule has 1 fully saturated rings. The van der Waals surface area contributed by atoms with Gasteiger partial charge in [0.25, 0.3) is 0 Å². The van der Waals surface area contributed by atoms with Crippen LogP contribution in [0.25, 0.3) is 0 Å². The van der Waals surface area contributed by atoms with Gasteiger partial charge >= 0.3 is 6.09 Å². The summed E-state index contributed by atoms with van der Waals surface area (Å²) < 4.78 is 19.3. The Balaban J connectivity index is 1.72. The number of nitrogens with one attached hydrogen (secondary N) is 1. The second-order valence-electron chi connectivity index (χ2n) is 7.94. The number of Topliss-reactive ketones (excluding diaryl/α,β-unsaturated/α-hetero) is 1. The van der Waals surface area contributed by atoms with Crippen molar-refractivity contribution in [1.82, 2.24) is 10.2 Å². The van der Waals surface area contributed by atoms with Crippen LogP contribution in [-0.4, -0.2) is 35.8 Å². The van der Waals surface area contributed by atoms with E-state index < -0.39 is 11.7 Å². The third-order valence-corrected chi connectivity index (χ3v) is 5.80. The first-order valence-electron chi connectivity index (χ1n) is 10.5. The fourth-order valence-electron chi connectivity index (χ4n) is 3.91. The van der Waals surface area contributed by atoms with Gasteiger partial charge in [0.15, 0.2) is 5.78 Å². The highest BCUT2D eigenvalue weighted by atomic mass is 19.1. The molecular weight excluding hydrogens is 411 g/mol. The predicted octanol–water partition coefficient (Wildman–Crippen LogP) is 4.52. The average molecular weight is 438 g/mol. The van der Waals surface area contributed by atoms with Crippen molar-refractivity contribution in [3.8, 4) is 0 Å². The summed E-state index contributed by atoms with van der Waals surface area (Å²) in [6, 6.07) is 12.7. The van der Waals surface area contributed by atoms with Crippen LogP contribution in [0.5, 0.6) is 0 Å². The molecule has 0 aliphatic carbocycles. The summed E-state index contributed by atoms with van der Waals surface area (Å²) in [6.45, 7) is 7.43. The molecule has 1 aliphatic rings. The number of benzene rings is 2. The summed E-state index contributed by atoms with van der Waals surface area (Å²) in [5.41, 5.74) is 1.21. The summed E-state index contributed by atoms with van der Waals surface area (Å²) in [7, 11) is 0. The van der Waals surface area contributed by atoms with Crippen molar-refractivity contribution in [2.75, 3.05) is 13.1 Å². The molecule has 2 aromatic carbocycles. The summed E-state index contributed by atoms with van der Waals surface area (Å²) in [6.07, 6.45) is 2.21. The molecule has 0 bridgehead atoms. The van der Waals surface area contributed by atoms with Crippen LogP contribution in [0.2, 0.25) is 0 Å². The van der Waals surface area contributed by atoms with Crippen molar-refractivity contribution in [3.05, 3.63) is 83.7 Å². The summed E-state index contributed by atoms with van der Waals surface area (Å²) in [5, 5.41) is 2.49. The van der Waals surface area contributed by atoms with E-state index >= 15 is 0 Å². The van der Waals surface area contributed by atoms with Gasteiger partial charge in [0, 0.05) is 31.9 Å². The Labute approximate surface area is 187 Å². The van der Waals surface area contributed by atoms with Crippen LogP contribution >= 0.6 is 0 Å². The highest BCUT2D eigenvalue weighted by Gasteiger charge is 2.42. The number of halogens is 1. The van der Waals surface area contributed by atoms with Crippen molar-refractivity contribution in [1.29, 1.82) is 0 Å². The lowest BCUT2D eigenvalue weighted by Crippen LogP contribution is -2.48. The second-order valence-corrected chi connectivity index (χ2v) is 7.94. The zero-order valence-electron chi connectivity index (χ0n) is 18.3. The minimum Gasteiger partial charge on any atom is -0.437 e. The van der Waals surface area contributed by atoms with E-state index in [0.717, 1.165) is 11.1 Å². The van der Waals surface area contributed by atoms with Gasteiger partial charge in [0.05, 0.1) is 12.6 Å². The monoisotopic (exact) mass is 438 g/mol. The molecular formula is C25H27FN2O4. The van der Waals surface area contributed by atoms with Gasteiger partial charge in [0.2, 0.25) is 5.91 Å². The molecule has 168 valence electrons. The lowest BCUT2D eigenvalue weighted by Gasteiger charge is -2.43. The summed E-state index contributed by atoms with van der Waals surface area (Å²) in [5.74, 6) is -0.801. The van der Waals surface area contributed by atoms with Gasteiger partial charge < -0.3 is 15.0 Å². The Morgan fingerprint density at radius 2 is 1.88 bits per heavy atom. The van der Waals surface area contributed by atoms with E-state index in [-0.39, 0.29) is 30.1 Å². The first kappa shape index (κ1) is 23.2. The average Bonchev–Trinajstić information content (AvgIpc) is 2.78. The Bertz CT molecular complexity index is 1000. The molecule has 2 atom stereocenters. The molecule has 7 heteroatoms. The van der Waals surface area contributed by atoms with E-state index in [9.17, 15) is 18.8 Å². The second kappa shape index (κ2) is 9.77. The van der Waals surface area contributed by atoms with Gasteiger partial charge in [-0.3, -0.25) is 9.59 Å². The maximum absolute atomic E-state index is 13.4. The third-order valence-electron chi connectivity index (χ3n) is 5.80. The van der Waals surface area contributed by atoms with E-state index in [1.807, 2.05) is 6.92 Å². The van der Waals surface area contributed by atoms with E-state index in [1.54, 1.807) is 47.4 Å². The van der Waals surface area contributed by atoms with Crippen LogP contribution in [-0.2, 0) is 15.1 Å². The van der Waals surface area contributed by atoms with E-state index in [1.165, 1.54) is 19.1 Å². The number of rotatable bonds is 8. The van der Waals surface area contributed by atoms with Crippen LogP contribution in [0.4, 0.5) is 9.18 Å². The number of amides is 2. The Hall–Kier alpha value is -3.48. The Morgan fingerprint density at radius 3 is 2.44 bits per heavy atom. The molecule has 2 aromatic rings. The zero-order chi connectivity index (χ0) is 23.3. The van der Waals surface area contributed by atoms with Gasteiger partial charge in [-0.15, -0.1) is 6.58 Å². The third kappa shape index (κ3) is 5.04. The maximum atomic E-state index is 13.4. The van der Waals surface area contributed by atoms with Crippen LogP contribution in [0.15, 0.2) is 61.2 Å². The molecule has 6 nitrogen and oxygen atoms in total. The molecule has 32 heavy (non-hydrogen) atoms. The van der Waals surface area contributed by atoms with Gasteiger partial charge in [-0.05, 0) is 30.2 Å². The van der Waals surface area contributed by atoms with Crippen LogP contribution in [0, 0.1) is 5.82 Å². The smallest absolute Gasteiger partial charge is 0.411 e. The molecule has 0 saturated carbocycles. The Morgan fingerprint density at radius 1 is 1.22 bits per heavy atom. The maximum Gasteiger partial charge on any atom is 0.411 e. The summed E-state index contributed by atoms with van der Waals surface area (Å²) in [4.78, 5) is 37.7. The lowest BCUT2D eigenvalue weighted by atomic mass is 9.85. The number of hydrogen-bond acceptors (Lipinski definition) is 4. The van der Waals surface area contributed by atoms with Gasteiger partial charge in [-0.1, -0.05) is 42.5 Å². The summed E-state index contributed by atoms with van der Waals surface area (Å²) >= 11 is 0. The molecule has 0 spiro atoms. The molecule has 1 N–H and O–H groups in total. The van der Waals surface area contributed by atoms with Crippen molar-refractivity contribution in [3.63, 3.8) is 0 Å². The molecule has 0 aromatic heterocycles. The van der Waals surface area contributed by atoms with Crippen molar-refractivity contribution < 1.29 is 23.5 Å². The first-order chi connectivity index (χ1) is 15.3. The standard InChI is InChI=1S/C25H27FN2O4/c1-4-13-25(21-9-11-22(26)12-10-21)14-15-28(24(31)32-25)17(2)19-5-7-20(8-6-19)23(30)16-27-18(3)29/h4-12,17H,1,13-16H2,2-3H3,(H,27,29)/t17-,25+/m0/s1. The molecule has 1 aliphatic heterocycles. The molecule has 2 amide bonds. The van der Waals surface area contributed by atoms with Gasteiger partial charge in [-0.2, -0.15) is 0 Å². The normalized spacial score (nSPS) is 19.1. The number of carbonyl (C=O) groups excluding carboxylic acids is 3. The SMILES string of the molecule is C=CC[C@]1(c2ccc(F)cc2)CCN([C@@H](C)c2ccc(C(=O)CNC(C)=O)cc2)C(=O)O1. The van der Waals surface area contributed by atoms with Crippen molar-refractivity contribution >= 4 is 17.8 Å². The van der Waals surface area contributed by atoms with E-state index in [4.69, 9.17) is 4.74 Å². The van der Waals surface area contributed by atoms with Crippen molar-refractivity contribution in [2.24, 2.45) is 0 Å². The minimum atomic E-state index is -0.872. The number of hydrogen-bond donors (Lipinski definition) is 1. The molecule has 0 radical (unpaired) electrons. The number of carbonyl (C=O) groups is 3. The fraction of sp³-hybridized carbons (Fsp3) is 0.320. The quantitative estimate of drug-likeness (QED) is 0.486. The topological polar surface area (TPSA) is 75.7 Å². The first-order valence-corrected chi connectivity index (χ1v) is 10.5. The lowest BCUT2D eigenvalue weighted by molar-refractivity contribution is -0.118. The van der Waals surface area contributed by atoms with Crippen LogP contribution in [0.1, 0.15) is 54.2 Å². The van der Waals surface area contributed by atoms with Crippen LogP contribution < -0.4 is 5.32 Å². The predicted molar refractivity (Wildman–Crippen MR) is 119 cm³/mol. The van der Waals surface area contributed by atoms with Gasteiger partial charge in [-0.25, -0.2) is 9.18 Å². The largest absolute Gasteiger partial charge is 0.437 e. The number of cyclic esters (lactones) is 1. The van der Waals surface area contributed by atoms with Crippen LogP contribution in [0.3, 0.4) is 0 Å². The van der Waals surface area contributed by atoms with E-state index in [2.05, 4.69) is 11.9 Å². The molecule has 0 unspecified atom stereocenters. The number of ether oxygens (including phenoxy) is 1. The fourth-order valence-corrected chi connectivity index (χ4v) is 3.91. The minimum absolute atomic E-state index is 0.0581. The molecule has 1 heterocycles. The zero-order valence-corrected chi connectivity index (χ0v) is 18.3. The Kier molecular flexibility index (Phi) is 7.08.